The molecule has 0 aliphatic carbocycles. The highest BCUT2D eigenvalue weighted by atomic mass is 79.9. The van der Waals surface area contributed by atoms with Crippen LogP contribution in [-0.2, 0) is 16.1 Å². The Morgan fingerprint density at radius 2 is 2.09 bits per heavy atom. The minimum Gasteiger partial charge on any atom is -0.379 e. The number of carbonyl (C=O) groups excluding carboxylic acids is 1. The molecule has 7 heteroatoms. The van der Waals surface area contributed by atoms with Gasteiger partial charge in [-0.1, -0.05) is 0 Å². The number of carbonyl (C=O) groups is 1. The molecule has 0 radical (unpaired) electrons. The van der Waals surface area contributed by atoms with E-state index in [0.29, 0.717) is 13.0 Å². The molecule has 2 heterocycles. The van der Waals surface area contributed by atoms with Gasteiger partial charge in [-0.05, 0) is 36.7 Å². The maximum absolute atomic E-state index is 12.1. The first-order valence-corrected chi connectivity index (χ1v) is 8.55. The molecule has 1 fully saturated rings. The second kappa shape index (κ2) is 8.08. The fourth-order valence-corrected chi connectivity index (χ4v) is 2.95. The van der Waals surface area contributed by atoms with Crippen LogP contribution >= 0.6 is 15.9 Å². The number of rotatable bonds is 6. The topological polar surface area (TPSA) is 59.4 Å². The van der Waals surface area contributed by atoms with E-state index >= 15 is 0 Å². The number of ether oxygens (including phenoxy) is 1. The predicted octanol–water partition coefficient (Wildman–Crippen LogP) is 1.49. The van der Waals surface area contributed by atoms with Gasteiger partial charge in [0, 0.05) is 37.8 Å². The summed E-state index contributed by atoms with van der Waals surface area (Å²) in [6, 6.07) is 0.151. The van der Waals surface area contributed by atoms with Crippen LogP contribution in [0.5, 0.6) is 0 Å². The van der Waals surface area contributed by atoms with Crippen LogP contribution in [0.3, 0.4) is 0 Å². The van der Waals surface area contributed by atoms with E-state index in [1.807, 2.05) is 25.5 Å². The maximum Gasteiger partial charge on any atom is 0.222 e. The number of nitrogens with zero attached hydrogens (tertiary/aromatic N) is 3. The average molecular weight is 373 g/mol. The molecule has 6 nitrogen and oxygen atoms in total. The van der Waals surface area contributed by atoms with Gasteiger partial charge in [-0.2, -0.15) is 5.10 Å². The van der Waals surface area contributed by atoms with Gasteiger partial charge in [-0.3, -0.25) is 14.4 Å². The zero-order valence-electron chi connectivity index (χ0n) is 13.6. The third kappa shape index (κ3) is 4.79. The van der Waals surface area contributed by atoms with Crippen molar-refractivity contribution in [1.29, 1.82) is 0 Å². The Morgan fingerprint density at radius 1 is 1.41 bits per heavy atom. The molecular formula is C15H25BrN4O2. The highest BCUT2D eigenvalue weighted by Gasteiger charge is 2.16. The lowest BCUT2D eigenvalue weighted by Crippen LogP contribution is -2.46. The van der Waals surface area contributed by atoms with Crippen molar-refractivity contribution in [2.75, 3.05) is 32.8 Å². The van der Waals surface area contributed by atoms with Crippen molar-refractivity contribution in [1.82, 2.24) is 20.0 Å². The van der Waals surface area contributed by atoms with Crippen molar-refractivity contribution < 1.29 is 9.53 Å². The van der Waals surface area contributed by atoms with Gasteiger partial charge in [0.25, 0.3) is 0 Å². The first-order chi connectivity index (χ1) is 10.5. The Hall–Kier alpha value is -0.920. The van der Waals surface area contributed by atoms with Crippen molar-refractivity contribution in [3.63, 3.8) is 0 Å². The summed E-state index contributed by atoms with van der Waals surface area (Å²) in [7, 11) is 0. The predicted molar refractivity (Wildman–Crippen MR) is 88.9 cm³/mol. The molecule has 1 atom stereocenters. The molecule has 1 aliphatic heterocycles. The summed E-state index contributed by atoms with van der Waals surface area (Å²) in [6.45, 7) is 10.9. The molecule has 1 N–H and O–H groups in total. The van der Waals surface area contributed by atoms with E-state index in [4.69, 9.17) is 4.74 Å². The SMILES string of the molecule is Cc1nn(CCC(=O)N[C@H](C)CN2CCOCC2)c(C)c1Br. The second-order valence-electron chi connectivity index (χ2n) is 5.84. The highest BCUT2D eigenvalue weighted by molar-refractivity contribution is 9.10. The summed E-state index contributed by atoms with van der Waals surface area (Å²) in [5.74, 6) is 0.0736. The number of hydrogen-bond donors (Lipinski definition) is 1. The number of amides is 1. The van der Waals surface area contributed by atoms with Gasteiger partial charge in [0.05, 0.1) is 29.9 Å². The molecular weight excluding hydrogens is 348 g/mol. The fraction of sp³-hybridized carbons (Fsp3) is 0.733. The second-order valence-corrected chi connectivity index (χ2v) is 6.63. The Morgan fingerprint density at radius 3 is 2.68 bits per heavy atom. The van der Waals surface area contributed by atoms with Crippen molar-refractivity contribution in [2.45, 2.75) is 39.8 Å². The normalized spacial score (nSPS) is 17.5. The zero-order valence-corrected chi connectivity index (χ0v) is 15.1. The van der Waals surface area contributed by atoms with Gasteiger partial charge in [0.2, 0.25) is 5.91 Å². The van der Waals surface area contributed by atoms with Gasteiger partial charge in [0.15, 0.2) is 0 Å². The van der Waals surface area contributed by atoms with Crippen LogP contribution in [-0.4, -0.2) is 59.5 Å². The van der Waals surface area contributed by atoms with E-state index in [2.05, 4.69) is 31.2 Å². The molecule has 1 aromatic heterocycles. The summed E-state index contributed by atoms with van der Waals surface area (Å²) < 4.78 is 8.23. The quantitative estimate of drug-likeness (QED) is 0.821. The van der Waals surface area contributed by atoms with Gasteiger partial charge in [-0.25, -0.2) is 0 Å². The molecule has 124 valence electrons. The molecule has 0 saturated carbocycles. The van der Waals surface area contributed by atoms with Gasteiger partial charge < -0.3 is 10.1 Å². The lowest BCUT2D eigenvalue weighted by molar-refractivity contribution is -0.122. The van der Waals surface area contributed by atoms with E-state index in [1.165, 1.54) is 0 Å². The summed E-state index contributed by atoms with van der Waals surface area (Å²) in [5.41, 5.74) is 2.02. The summed E-state index contributed by atoms with van der Waals surface area (Å²) in [6.07, 6.45) is 0.446. The third-order valence-corrected chi connectivity index (χ3v) is 5.03. The number of nitrogens with one attached hydrogen (secondary N) is 1. The molecule has 0 spiro atoms. The lowest BCUT2D eigenvalue weighted by Gasteiger charge is -2.29. The number of morpholine rings is 1. The summed E-state index contributed by atoms with van der Waals surface area (Å²) >= 11 is 3.50. The van der Waals surface area contributed by atoms with Crippen molar-refractivity contribution in [2.24, 2.45) is 0 Å². The smallest absolute Gasteiger partial charge is 0.222 e. The van der Waals surface area contributed by atoms with Crippen molar-refractivity contribution in [3.05, 3.63) is 15.9 Å². The van der Waals surface area contributed by atoms with Crippen molar-refractivity contribution >= 4 is 21.8 Å². The Bertz CT molecular complexity index is 512. The Labute approximate surface area is 140 Å². The van der Waals surface area contributed by atoms with Crippen LogP contribution in [0.25, 0.3) is 0 Å². The number of hydrogen-bond acceptors (Lipinski definition) is 4. The van der Waals surface area contributed by atoms with E-state index in [-0.39, 0.29) is 11.9 Å². The van der Waals surface area contributed by atoms with E-state index in [0.717, 1.165) is 48.7 Å². The standard InChI is InChI=1S/C15H25BrN4O2/c1-11(10-19-6-8-22-9-7-19)17-14(21)4-5-20-13(3)15(16)12(2)18-20/h11H,4-10H2,1-3H3,(H,17,21)/t11-/m1/s1. The highest BCUT2D eigenvalue weighted by Crippen LogP contribution is 2.19. The van der Waals surface area contributed by atoms with Gasteiger partial charge in [0.1, 0.15) is 0 Å². The van der Waals surface area contributed by atoms with Gasteiger partial charge >= 0.3 is 0 Å². The van der Waals surface area contributed by atoms with Crippen LogP contribution in [0.4, 0.5) is 0 Å². The van der Waals surface area contributed by atoms with Crippen LogP contribution < -0.4 is 5.32 Å². The first-order valence-electron chi connectivity index (χ1n) is 7.76. The Balaban J connectivity index is 1.73. The first kappa shape index (κ1) is 17.4. The monoisotopic (exact) mass is 372 g/mol. The lowest BCUT2D eigenvalue weighted by atomic mass is 10.2. The van der Waals surface area contributed by atoms with Crippen molar-refractivity contribution in [3.8, 4) is 0 Å². The molecule has 0 unspecified atom stereocenters. The average Bonchev–Trinajstić information content (AvgIpc) is 2.73. The molecule has 0 bridgehead atoms. The zero-order chi connectivity index (χ0) is 16.1. The largest absolute Gasteiger partial charge is 0.379 e. The molecule has 1 amide bonds. The summed E-state index contributed by atoms with van der Waals surface area (Å²) in [5, 5.41) is 7.49. The Kier molecular flexibility index (Phi) is 6.40. The minimum absolute atomic E-state index is 0.0736. The third-order valence-electron chi connectivity index (χ3n) is 3.89. The molecule has 1 aliphatic rings. The number of aromatic nitrogens is 2. The summed E-state index contributed by atoms with van der Waals surface area (Å²) in [4.78, 5) is 14.4. The van der Waals surface area contributed by atoms with Crippen LogP contribution in [0.1, 0.15) is 24.7 Å². The van der Waals surface area contributed by atoms with E-state index in [1.54, 1.807) is 0 Å². The van der Waals surface area contributed by atoms with E-state index in [9.17, 15) is 4.79 Å². The van der Waals surface area contributed by atoms with E-state index < -0.39 is 0 Å². The van der Waals surface area contributed by atoms with Crippen LogP contribution in [0.15, 0.2) is 4.47 Å². The maximum atomic E-state index is 12.1. The molecule has 2 rings (SSSR count). The molecule has 0 aromatic carbocycles. The fourth-order valence-electron chi connectivity index (χ4n) is 2.66. The molecule has 1 saturated heterocycles. The molecule has 1 aromatic rings. The number of halogens is 1. The number of aryl methyl sites for hydroxylation is 2. The minimum atomic E-state index is 0.0736. The van der Waals surface area contributed by atoms with Crippen LogP contribution in [0, 0.1) is 13.8 Å². The van der Waals surface area contributed by atoms with Crippen LogP contribution in [0.2, 0.25) is 0 Å². The van der Waals surface area contributed by atoms with Gasteiger partial charge in [-0.15, -0.1) is 0 Å². The molecule has 22 heavy (non-hydrogen) atoms.